The predicted octanol–water partition coefficient (Wildman–Crippen LogP) is 5.56. The number of rotatable bonds is 14. The highest BCUT2D eigenvalue weighted by molar-refractivity contribution is 5.64. The third kappa shape index (κ3) is 13.7. The van der Waals surface area contributed by atoms with E-state index in [1.807, 2.05) is 0 Å². The molecule has 0 aromatic rings. The molecule has 0 aliphatic heterocycles. The van der Waals surface area contributed by atoms with Crippen molar-refractivity contribution in [2.24, 2.45) is 5.73 Å². The van der Waals surface area contributed by atoms with Gasteiger partial charge in [-0.2, -0.15) is 0 Å². The summed E-state index contributed by atoms with van der Waals surface area (Å²) in [5.74, 6) is 0. The Hall–Kier alpha value is -0.730. The van der Waals surface area contributed by atoms with Crippen LogP contribution in [0.5, 0.6) is 0 Å². The fraction of sp³-hybridized carbons (Fsp3) is 0.941. The van der Waals surface area contributed by atoms with Crippen molar-refractivity contribution in [2.45, 2.75) is 103 Å². The van der Waals surface area contributed by atoms with Crippen LogP contribution in [0.15, 0.2) is 0 Å². The van der Waals surface area contributed by atoms with Crippen molar-refractivity contribution >= 4 is 6.09 Å². The molecular weight excluding hydrogens is 250 g/mol. The first-order valence-corrected chi connectivity index (χ1v) is 8.66. The first-order valence-electron chi connectivity index (χ1n) is 8.66. The number of unbranched alkanes of at least 4 members (excludes halogenated alkanes) is 9. The molecule has 0 spiro atoms. The van der Waals surface area contributed by atoms with E-state index in [1.165, 1.54) is 51.4 Å². The van der Waals surface area contributed by atoms with E-state index in [0.29, 0.717) is 0 Å². The van der Waals surface area contributed by atoms with Crippen molar-refractivity contribution in [3.63, 3.8) is 0 Å². The van der Waals surface area contributed by atoms with E-state index in [9.17, 15) is 4.79 Å². The highest BCUT2D eigenvalue weighted by Crippen LogP contribution is 2.15. The van der Waals surface area contributed by atoms with Crippen LogP contribution < -0.4 is 5.73 Å². The molecule has 120 valence electrons. The van der Waals surface area contributed by atoms with Gasteiger partial charge in [0.15, 0.2) is 0 Å². The summed E-state index contributed by atoms with van der Waals surface area (Å²) in [6, 6.07) is 0. The second kappa shape index (κ2) is 14.7. The van der Waals surface area contributed by atoms with Crippen LogP contribution in [0.1, 0.15) is 97.3 Å². The summed E-state index contributed by atoms with van der Waals surface area (Å²) in [5, 5.41) is 0. The summed E-state index contributed by atoms with van der Waals surface area (Å²) >= 11 is 0. The molecule has 0 saturated heterocycles. The molecular formula is C17H35NO2. The van der Waals surface area contributed by atoms with Gasteiger partial charge in [-0.1, -0.05) is 78.1 Å². The third-order valence-electron chi connectivity index (χ3n) is 3.79. The van der Waals surface area contributed by atoms with Gasteiger partial charge in [0.1, 0.15) is 6.10 Å². The number of hydrogen-bond acceptors (Lipinski definition) is 2. The van der Waals surface area contributed by atoms with E-state index in [2.05, 4.69) is 13.8 Å². The fourth-order valence-corrected chi connectivity index (χ4v) is 2.54. The van der Waals surface area contributed by atoms with Crippen molar-refractivity contribution in [1.29, 1.82) is 0 Å². The van der Waals surface area contributed by atoms with Gasteiger partial charge in [-0.3, -0.25) is 0 Å². The summed E-state index contributed by atoms with van der Waals surface area (Å²) in [4.78, 5) is 10.8. The van der Waals surface area contributed by atoms with Crippen molar-refractivity contribution in [1.82, 2.24) is 0 Å². The highest BCUT2D eigenvalue weighted by atomic mass is 16.6. The quantitative estimate of drug-likeness (QED) is 0.425. The van der Waals surface area contributed by atoms with E-state index in [4.69, 9.17) is 10.5 Å². The Morgan fingerprint density at radius 3 is 1.75 bits per heavy atom. The summed E-state index contributed by atoms with van der Waals surface area (Å²) < 4.78 is 5.16. The van der Waals surface area contributed by atoms with E-state index >= 15 is 0 Å². The molecule has 0 saturated carbocycles. The largest absolute Gasteiger partial charge is 0.446 e. The van der Waals surface area contributed by atoms with Crippen LogP contribution in [0.3, 0.4) is 0 Å². The number of hydrogen-bond donors (Lipinski definition) is 1. The average Bonchev–Trinajstić information content (AvgIpc) is 2.42. The minimum Gasteiger partial charge on any atom is -0.446 e. The van der Waals surface area contributed by atoms with E-state index in [-0.39, 0.29) is 6.10 Å². The van der Waals surface area contributed by atoms with Crippen LogP contribution in [0.2, 0.25) is 0 Å². The summed E-state index contributed by atoms with van der Waals surface area (Å²) in [5.41, 5.74) is 5.11. The van der Waals surface area contributed by atoms with E-state index < -0.39 is 6.09 Å². The van der Waals surface area contributed by atoms with Gasteiger partial charge in [-0.05, 0) is 19.3 Å². The normalized spacial score (nSPS) is 12.3. The number of carbonyl (C=O) groups is 1. The Labute approximate surface area is 125 Å². The van der Waals surface area contributed by atoms with Crippen LogP contribution in [-0.4, -0.2) is 12.2 Å². The molecule has 1 atom stereocenters. The van der Waals surface area contributed by atoms with Crippen LogP contribution in [0.4, 0.5) is 4.79 Å². The first-order chi connectivity index (χ1) is 9.70. The van der Waals surface area contributed by atoms with Crippen LogP contribution in [0.25, 0.3) is 0 Å². The molecule has 0 rings (SSSR count). The molecule has 0 aliphatic rings. The molecule has 2 N–H and O–H groups in total. The van der Waals surface area contributed by atoms with Crippen LogP contribution >= 0.6 is 0 Å². The zero-order valence-electron chi connectivity index (χ0n) is 13.7. The van der Waals surface area contributed by atoms with Gasteiger partial charge in [0, 0.05) is 0 Å². The molecule has 0 aromatic heterocycles. The number of nitrogens with two attached hydrogens (primary N) is 1. The van der Waals surface area contributed by atoms with Gasteiger partial charge >= 0.3 is 6.09 Å². The summed E-state index contributed by atoms with van der Waals surface area (Å²) in [7, 11) is 0. The van der Waals surface area contributed by atoms with Crippen molar-refractivity contribution in [2.75, 3.05) is 0 Å². The van der Waals surface area contributed by atoms with Gasteiger partial charge in [0.2, 0.25) is 0 Å². The molecule has 0 heterocycles. The lowest BCUT2D eigenvalue weighted by molar-refractivity contribution is 0.0925. The van der Waals surface area contributed by atoms with Gasteiger partial charge in [0.05, 0.1) is 0 Å². The summed E-state index contributed by atoms with van der Waals surface area (Å²) in [6.07, 6.45) is 15.5. The maximum Gasteiger partial charge on any atom is 0.404 e. The van der Waals surface area contributed by atoms with Crippen LogP contribution in [-0.2, 0) is 4.74 Å². The Kier molecular flexibility index (Phi) is 14.1. The molecule has 0 fully saturated rings. The minimum absolute atomic E-state index is 0.0389. The van der Waals surface area contributed by atoms with Crippen LogP contribution in [0, 0.1) is 0 Å². The second-order valence-corrected chi connectivity index (χ2v) is 5.82. The minimum atomic E-state index is -0.623. The van der Waals surface area contributed by atoms with Crippen molar-refractivity contribution in [3.05, 3.63) is 0 Å². The molecule has 0 radical (unpaired) electrons. The van der Waals surface area contributed by atoms with E-state index in [1.54, 1.807) is 0 Å². The van der Waals surface area contributed by atoms with Gasteiger partial charge in [-0.25, -0.2) is 4.79 Å². The Bertz CT molecular complexity index is 219. The standard InChI is InChI=1S/C17H35NO2/c1-3-5-7-8-9-10-11-12-13-15-16(14-6-4-2)20-17(18)19/h16H,3-15H2,1-2H3,(H2,18,19). The number of ether oxygens (including phenoxy) is 1. The number of amides is 1. The average molecular weight is 285 g/mol. The fourth-order valence-electron chi connectivity index (χ4n) is 2.54. The van der Waals surface area contributed by atoms with Crippen molar-refractivity contribution < 1.29 is 9.53 Å². The predicted molar refractivity (Wildman–Crippen MR) is 85.8 cm³/mol. The molecule has 20 heavy (non-hydrogen) atoms. The summed E-state index contributed by atoms with van der Waals surface area (Å²) in [6.45, 7) is 4.41. The highest BCUT2D eigenvalue weighted by Gasteiger charge is 2.11. The van der Waals surface area contributed by atoms with Gasteiger partial charge < -0.3 is 10.5 Å². The first kappa shape index (κ1) is 19.3. The van der Waals surface area contributed by atoms with Gasteiger partial charge in [0.25, 0.3) is 0 Å². The maximum absolute atomic E-state index is 10.8. The zero-order valence-corrected chi connectivity index (χ0v) is 13.7. The monoisotopic (exact) mass is 285 g/mol. The third-order valence-corrected chi connectivity index (χ3v) is 3.79. The second-order valence-electron chi connectivity index (χ2n) is 5.82. The zero-order chi connectivity index (χ0) is 15.1. The molecule has 3 nitrogen and oxygen atoms in total. The Balaban J connectivity index is 3.45. The lowest BCUT2D eigenvalue weighted by Crippen LogP contribution is -2.22. The molecule has 1 amide bonds. The topological polar surface area (TPSA) is 52.3 Å². The van der Waals surface area contributed by atoms with E-state index in [0.717, 1.165) is 32.1 Å². The van der Waals surface area contributed by atoms with Gasteiger partial charge in [-0.15, -0.1) is 0 Å². The van der Waals surface area contributed by atoms with Crippen molar-refractivity contribution in [3.8, 4) is 0 Å². The molecule has 0 aromatic carbocycles. The molecule has 0 aliphatic carbocycles. The number of carbonyl (C=O) groups excluding carboxylic acids is 1. The number of primary amides is 1. The molecule has 3 heteroatoms. The smallest absolute Gasteiger partial charge is 0.404 e. The molecule has 1 unspecified atom stereocenters. The lowest BCUT2D eigenvalue weighted by atomic mass is 10.0. The lowest BCUT2D eigenvalue weighted by Gasteiger charge is -2.16. The Morgan fingerprint density at radius 1 is 0.800 bits per heavy atom. The Morgan fingerprint density at radius 2 is 1.25 bits per heavy atom. The molecule has 0 bridgehead atoms. The maximum atomic E-state index is 10.8. The SMILES string of the molecule is CCCCCCCCCCCC(CCCC)OC(N)=O.